The van der Waals surface area contributed by atoms with Crippen LogP contribution in [0.3, 0.4) is 0 Å². The van der Waals surface area contributed by atoms with E-state index in [1.165, 1.54) is 18.1 Å². The van der Waals surface area contributed by atoms with Gasteiger partial charge in [-0.15, -0.1) is 0 Å². The summed E-state index contributed by atoms with van der Waals surface area (Å²) >= 11 is 0. The number of hydrogen-bond donors (Lipinski definition) is 0. The summed E-state index contributed by atoms with van der Waals surface area (Å²) in [7, 11) is 0. The minimum atomic E-state index is -0.228. The molecule has 0 atom stereocenters. The summed E-state index contributed by atoms with van der Waals surface area (Å²) in [6.45, 7) is 12.3. The first kappa shape index (κ1) is 15.1. The van der Waals surface area contributed by atoms with E-state index in [2.05, 4.69) is 32.8 Å². The SMILES string of the molecule is CCOC(=O)Cn1cc(B2CC(C)(C)C(C)(C)C2)cn1. The van der Waals surface area contributed by atoms with Gasteiger partial charge in [0.2, 0.25) is 0 Å². The van der Waals surface area contributed by atoms with E-state index >= 15 is 0 Å². The van der Waals surface area contributed by atoms with Crippen molar-refractivity contribution in [1.82, 2.24) is 9.78 Å². The van der Waals surface area contributed by atoms with Crippen LogP contribution in [-0.4, -0.2) is 29.1 Å². The molecule has 0 aliphatic carbocycles. The van der Waals surface area contributed by atoms with Gasteiger partial charge < -0.3 is 4.74 Å². The van der Waals surface area contributed by atoms with Gasteiger partial charge in [-0.05, 0) is 23.2 Å². The molecule has 1 aromatic rings. The molecule has 5 heteroatoms. The maximum absolute atomic E-state index is 11.5. The van der Waals surface area contributed by atoms with Crippen molar-refractivity contribution in [1.29, 1.82) is 0 Å². The zero-order valence-electron chi connectivity index (χ0n) is 13.3. The number of carbonyl (C=O) groups excluding carboxylic acids is 1. The van der Waals surface area contributed by atoms with Crippen LogP contribution in [0.25, 0.3) is 0 Å². The summed E-state index contributed by atoms with van der Waals surface area (Å²) in [5.74, 6) is -0.228. The zero-order valence-corrected chi connectivity index (χ0v) is 13.3. The van der Waals surface area contributed by atoms with E-state index in [0.717, 1.165) is 0 Å². The molecule has 1 aromatic heterocycles. The molecule has 0 N–H and O–H groups in total. The highest BCUT2D eigenvalue weighted by Crippen LogP contribution is 2.52. The van der Waals surface area contributed by atoms with Crippen LogP contribution in [0.15, 0.2) is 12.4 Å². The highest BCUT2D eigenvalue weighted by molar-refractivity contribution is 6.74. The van der Waals surface area contributed by atoms with Crippen LogP contribution in [0.1, 0.15) is 34.6 Å². The van der Waals surface area contributed by atoms with Crippen molar-refractivity contribution in [3.63, 3.8) is 0 Å². The average molecular weight is 276 g/mol. The van der Waals surface area contributed by atoms with Gasteiger partial charge in [-0.3, -0.25) is 9.48 Å². The fourth-order valence-corrected chi connectivity index (χ4v) is 3.11. The Morgan fingerprint density at radius 3 is 2.50 bits per heavy atom. The third-order valence-electron chi connectivity index (χ3n) is 5.07. The molecule has 2 heterocycles. The van der Waals surface area contributed by atoms with Crippen LogP contribution < -0.4 is 5.46 Å². The number of rotatable bonds is 4. The largest absolute Gasteiger partial charge is 0.465 e. The maximum Gasteiger partial charge on any atom is 0.327 e. The van der Waals surface area contributed by atoms with Crippen molar-refractivity contribution in [2.24, 2.45) is 10.8 Å². The van der Waals surface area contributed by atoms with E-state index in [-0.39, 0.29) is 12.5 Å². The predicted molar refractivity (Wildman–Crippen MR) is 81.4 cm³/mol. The molecule has 1 fully saturated rings. The molecule has 0 aromatic carbocycles. The molecule has 1 aliphatic heterocycles. The van der Waals surface area contributed by atoms with Gasteiger partial charge in [0.05, 0.1) is 6.61 Å². The number of hydrogen-bond acceptors (Lipinski definition) is 3. The molecular weight excluding hydrogens is 251 g/mol. The summed E-state index contributed by atoms with van der Waals surface area (Å²) < 4.78 is 6.63. The molecule has 0 bridgehead atoms. The smallest absolute Gasteiger partial charge is 0.327 e. The molecule has 4 nitrogen and oxygen atoms in total. The van der Waals surface area contributed by atoms with Crippen molar-refractivity contribution < 1.29 is 9.53 Å². The van der Waals surface area contributed by atoms with Gasteiger partial charge in [0.25, 0.3) is 0 Å². The molecule has 1 saturated heterocycles. The number of esters is 1. The van der Waals surface area contributed by atoms with E-state index in [1.807, 2.05) is 19.3 Å². The Bertz CT molecular complexity index is 478. The summed E-state index contributed by atoms with van der Waals surface area (Å²) in [4.78, 5) is 11.5. The molecule has 1 aliphatic rings. The molecule has 2 rings (SSSR count). The fraction of sp³-hybridized carbons (Fsp3) is 0.733. The van der Waals surface area contributed by atoms with Gasteiger partial charge in [0, 0.05) is 12.4 Å². The lowest BCUT2D eigenvalue weighted by molar-refractivity contribution is -0.144. The summed E-state index contributed by atoms with van der Waals surface area (Å²) in [6.07, 6.45) is 6.25. The monoisotopic (exact) mass is 276 g/mol. The normalized spacial score (nSPS) is 20.1. The van der Waals surface area contributed by atoms with E-state index in [0.29, 0.717) is 24.1 Å². The molecule has 0 radical (unpaired) electrons. The fourth-order valence-electron chi connectivity index (χ4n) is 3.11. The molecule has 20 heavy (non-hydrogen) atoms. The van der Waals surface area contributed by atoms with E-state index in [4.69, 9.17) is 4.74 Å². The minimum Gasteiger partial charge on any atom is -0.465 e. The first-order valence-corrected chi connectivity index (χ1v) is 7.43. The second-order valence-electron chi connectivity index (χ2n) is 7.15. The molecule has 0 spiro atoms. The van der Waals surface area contributed by atoms with Crippen molar-refractivity contribution in [3.05, 3.63) is 12.4 Å². The summed E-state index contributed by atoms with van der Waals surface area (Å²) in [5.41, 5.74) is 1.91. The lowest BCUT2D eigenvalue weighted by Gasteiger charge is -2.35. The van der Waals surface area contributed by atoms with Gasteiger partial charge in [-0.2, -0.15) is 5.10 Å². The van der Waals surface area contributed by atoms with Crippen molar-refractivity contribution in [2.75, 3.05) is 6.61 Å². The zero-order chi connectivity index (χ0) is 15.0. The third kappa shape index (κ3) is 2.91. The highest BCUT2D eigenvalue weighted by atomic mass is 16.5. The topological polar surface area (TPSA) is 44.1 Å². The minimum absolute atomic E-state index is 0.202. The molecule has 110 valence electrons. The Morgan fingerprint density at radius 1 is 1.35 bits per heavy atom. The van der Waals surface area contributed by atoms with Crippen LogP contribution in [0.2, 0.25) is 12.6 Å². The second kappa shape index (κ2) is 5.26. The van der Waals surface area contributed by atoms with Crippen molar-refractivity contribution in [3.8, 4) is 0 Å². The highest BCUT2D eigenvalue weighted by Gasteiger charge is 2.48. The van der Waals surface area contributed by atoms with Crippen LogP contribution in [0.5, 0.6) is 0 Å². The third-order valence-corrected chi connectivity index (χ3v) is 5.07. The van der Waals surface area contributed by atoms with Crippen LogP contribution in [0.4, 0.5) is 0 Å². The second-order valence-corrected chi connectivity index (χ2v) is 7.15. The lowest BCUT2D eigenvalue weighted by Crippen LogP contribution is -2.26. The van der Waals surface area contributed by atoms with Crippen LogP contribution in [0, 0.1) is 10.8 Å². The van der Waals surface area contributed by atoms with E-state index in [9.17, 15) is 4.79 Å². The molecule has 0 unspecified atom stereocenters. The molecule has 0 amide bonds. The summed E-state index contributed by atoms with van der Waals surface area (Å²) in [5, 5.41) is 4.29. The Kier molecular flexibility index (Phi) is 3.98. The Labute approximate surface area is 122 Å². The quantitative estimate of drug-likeness (QED) is 0.625. The van der Waals surface area contributed by atoms with Gasteiger partial charge in [-0.1, -0.05) is 40.3 Å². The average Bonchev–Trinajstić information content (AvgIpc) is 2.83. The molecule has 0 saturated carbocycles. The first-order valence-electron chi connectivity index (χ1n) is 7.43. The Hall–Kier alpha value is -1.26. The molecular formula is C15H25BN2O2. The van der Waals surface area contributed by atoms with Crippen LogP contribution >= 0.6 is 0 Å². The van der Waals surface area contributed by atoms with Crippen LogP contribution in [-0.2, 0) is 16.1 Å². The van der Waals surface area contributed by atoms with Crippen molar-refractivity contribution in [2.45, 2.75) is 53.8 Å². The number of nitrogens with zero attached hydrogens (tertiary/aromatic N) is 2. The van der Waals surface area contributed by atoms with Gasteiger partial charge in [0.15, 0.2) is 6.71 Å². The number of aromatic nitrogens is 2. The van der Waals surface area contributed by atoms with Gasteiger partial charge in [-0.25, -0.2) is 0 Å². The van der Waals surface area contributed by atoms with Gasteiger partial charge >= 0.3 is 5.97 Å². The number of carbonyl (C=O) groups is 1. The first-order chi connectivity index (χ1) is 9.25. The van der Waals surface area contributed by atoms with E-state index < -0.39 is 0 Å². The van der Waals surface area contributed by atoms with E-state index in [1.54, 1.807) is 4.68 Å². The van der Waals surface area contributed by atoms with Crippen molar-refractivity contribution >= 4 is 18.1 Å². The maximum atomic E-state index is 11.5. The lowest BCUT2D eigenvalue weighted by atomic mass is 9.43. The number of ether oxygens (including phenoxy) is 1. The summed E-state index contributed by atoms with van der Waals surface area (Å²) in [6, 6.07) is 0. The standard InChI is InChI=1S/C15H25BN2O2/c1-6-20-13(19)9-18-8-12(7-17-18)16-10-14(2,3)15(4,5)11-16/h7-8H,6,9-11H2,1-5H3. The van der Waals surface area contributed by atoms with Gasteiger partial charge in [0.1, 0.15) is 6.54 Å². The Balaban J connectivity index is 2.05. The predicted octanol–water partition coefficient (Wildman–Crippen LogP) is 2.21. The Morgan fingerprint density at radius 2 is 1.95 bits per heavy atom.